The quantitative estimate of drug-likeness (QED) is 0.928. The number of nitrogens with two attached hydrogens (primary N) is 1. The van der Waals surface area contributed by atoms with Crippen molar-refractivity contribution in [3.63, 3.8) is 0 Å². The maximum atomic E-state index is 12.1. The van der Waals surface area contributed by atoms with Gasteiger partial charge >= 0.3 is 0 Å². The van der Waals surface area contributed by atoms with Gasteiger partial charge in [0.05, 0.1) is 13.0 Å². The molecule has 1 saturated heterocycles. The predicted octanol–water partition coefficient (Wildman–Crippen LogP) is 2.45. The number of rotatable bonds is 4. The van der Waals surface area contributed by atoms with Gasteiger partial charge in [0.2, 0.25) is 5.91 Å². The van der Waals surface area contributed by atoms with Crippen LogP contribution in [-0.4, -0.2) is 36.0 Å². The summed E-state index contributed by atoms with van der Waals surface area (Å²) in [7, 11) is 0. The second-order valence-electron chi connectivity index (χ2n) is 5.27. The molecule has 0 unspecified atom stereocenters. The highest BCUT2D eigenvalue weighted by Crippen LogP contribution is 2.18. The highest BCUT2D eigenvalue weighted by atomic mass is 35.5. The zero-order valence-corrected chi connectivity index (χ0v) is 12.5. The van der Waals surface area contributed by atoms with Crippen molar-refractivity contribution in [3.05, 3.63) is 29.3 Å². The molecular weight excluding hydrogens is 276 g/mol. The molecule has 110 valence electrons. The molecule has 0 saturated carbocycles. The van der Waals surface area contributed by atoms with Crippen molar-refractivity contribution in [2.24, 2.45) is 5.73 Å². The fourth-order valence-corrected chi connectivity index (χ4v) is 2.64. The van der Waals surface area contributed by atoms with Crippen LogP contribution >= 0.6 is 11.6 Å². The summed E-state index contributed by atoms with van der Waals surface area (Å²) < 4.78 is 5.55. The van der Waals surface area contributed by atoms with Crippen LogP contribution in [0.1, 0.15) is 26.2 Å². The Morgan fingerprint density at radius 2 is 2.15 bits per heavy atom. The average Bonchev–Trinajstić information content (AvgIpc) is 2.41. The second-order valence-corrected chi connectivity index (χ2v) is 5.71. The van der Waals surface area contributed by atoms with Crippen LogP contribution in [0.4, 0.5) is 0 Å². The molecule has 2 atom stereocenters. The third-order valence-electron chi connectivity index (χ3n) is 3.64. The summed E-state index contributed by atoms with van der Waals surface area (Å²) in [6, 6.07) is 7.59. The molecule has 1 aromatic rings. The van der Waals surface area contributed by atoms with Crippen LogP contribution in [0.25, 0.3) is 0 Å². The van der Waals surface area contributed by atoms with Crippen molar-refractivity contribution >= 4 is 17.5 Å². The smallest absolute Gasteiger partial charge is 0.226 e. The minimum absolute atomic E-state index is 0.137. The van der Waals surface area contributed by atoms with Gasteiger partial charge in [0.25, 0.3) is 0 Å². The lowest BCUT2D eigenvalue weighted by Crippen LogP contribution is -2.48. The lowest BCUT2D eigenvalue weighted by Gasteiger charge is -2.36. The molecule has 1 aliphatic rings. The summed E-state index contributed by atoms with van der Waals surface area (Å²) in [5.41, 5.74) is 5.90. The van der Waals surface area contributed by atoms with Crippen LogP contribution in [0.3, 0.4) is 0 Å². The van der Waals surface area contributed by atoms with E-state index in [-0.39, 0.29) is 18.0 Å². The Balaban J connectivity index is 1.76. The Kier molecular flexibility index (Phi) is 5.26. The van der Waals surface area contributed by atoms with Crippen LogP contribution < -0.4 is 10.5 Å². The molecule has 1 amide bonds. The van der Waals surface area contributed by atoms with Crippen molar-refractivity contribution < 1.29 is 9.53 Å². The molecule has 0 aliphatic carbocycles. The SMILES string of the molecule is C[C@@H]1C[C@@H](N)CCN1C(=O)CCOc1ccc(Cl)cc1. The first-order valence-corrected chi connectivity index (χ1v) is 7.37. The van der Waals surface area contributed by atoms with Crippen LogP contribution in [0.2, 0.25) is 5.02 Å². The van der Waals surface area contributed by atoms with Crippen LogP contribution in [0.15, 0.2) is 24.3 Å². The molecular formula is C15H21ClN2O2. The largest absolute Gasteiger partial charge is 0.493 e. The molecule has 0 aromatic heterocycles. The van der Waals surface area contributed by atoms with Gasteiger partial charge in [-0.3, -0.25) is 4.79 Å². The van der Waals surface area contributed by atoms with E-state index < -0.39 is 0 Å². The summed E-state index contributed by atoms with van der Waals surface area (Å²) in [6.07, 6.45) is 2.15. The molecule has 1 fully saturated rings. The highest BCUT2D eigenvalue weighted by Gasteiger charge is 2.26. The number of carbonyl (C=O) groups excluding carboxylic acids is 1. The summed E-state index contributed by atoms with van der Waals surface area (Å²) in [5, 5.41) is 0.673. The first-order valence-electron chi connectivity index (χ1n) is 6.99. The number of nitrogens with zero attached hydrogens (tertiary/aromatic N) is 1. The van der Waals surface area contributed by atoms with Gasteiger partial charge < -0.3 is 15.4 Å². The van der Waals surface area contributed by atoms with E-state index in [1.54, 1.807) is 24.3 Å². The second kappa shape index (κ2) is 6.95. The summed E-state index contributed by atoms with van der Waals surface area (Å²) in [4.78, 5) is 14.1. The van der Waals surface area contributed by atoms with E-state index in [0.29, 0.717) is 18.1 Å². The molecule has 1 aliphatic heterocycles. The van der Waals surface area contributed by atoms with E-state index in [2.05, 4.69) is 6.92 Å². The standard InChI is InChI=1S/C15H21ClN2O2/c1-11-10-13(17)6-8-18(11)15(19)7-9-20-14-4-2-12(16)3-5-14/h2-5,11,13H,6-10,17H2,1H3/t11-,13+/m1/s1. The Morgan fingerprint density at radius 1 is 1.45 bits per heavy atom. The van der Waals surface area contributed by atoms with E-state index in [0.717, 1.165) is 25.1 Å². The molecule has 20 heavy (non-hydrogen) atoms. The third-order valence-corrected chi connectivity index (χ3v) is 3.89. The summed E-state index contributed by atoms with van der Waals surface area (Å²) in [5.74, 6) is 0.870. The first kappa shape index (κ1) is 15.1. The molecule has 5 heteroatoms. The topological polar surface area (TPSA) is 55.6 Å². The summed E-state index contributed by atoms with van der Waals surface area (Å²) in [6.45, 7) is 3.19. The van der Waals surface area contributed by atoms with Crippen LogP contribution in [0, 0.1) is 0 Å². The average molecular weight is 297 g/mol. The Labute approximate surface area is 124 Å². The van der Waals surface area contributed by atoms with Crippen molar-refractivity contribution in [2.45, 2.75) is 38.3 Å². The van der Waals surface area contributed by atoms with Crippen molar-refractivity contribution in [1.29, 1.82) is 0 Å². The van der Waals surface area contributed by atoms with Crippen molar-refractivity contribution in [3.8, 4) is 5.75 Å². The third kappa shape index (κ3) is 4.12. The monoisotopic (exact) mass is 296 g/mol. The molecule has 2 rings (SSSR count). The number of carbonyl (C=O) groups is 1. The fourth-order valence-electron chi connectivity index (χ4n) is 2.51. The van der Waals surface area contributed by atoms with E-state index in [4.69, 9.17) is 22.1 Å². The van der Waals surface area contributed by atoms with E-state index in [9.17, 15) is 4.79 Å². The zero-order chi connectivity index (χ0) is 14.5. The number of hydrogen-bond acceptors (Lipinski definition) is 3. The van der Waals surface area contributed by atoms with Gasteiger partial charge in [-0.1, -0.05) is 11.6 Å². The van der Waals surface area contributed by atoms with E-state index in [1.165, 1.54) is 0 Å². The Morgan fingerprint density at radius 3 is 2.80 bits per heavy atom. The molecule has 1 aromatic carbocycles. The predicted molar refractivity (Wildman–Crippen MR) is 79.9 cm³/mol. The van der Waals surface area contributed by atoms with Gasteiger partial charge in [-0.25, -0.2) is 0 Å². The molecule has 4 nitrogen and oxygen atoms in total. The van der Waals surface area contributed by atoms with Crippen LogP contribution in [0.5, 0.6) is 5.75 Å². The molecule has 1 heterocycles. The zero-order valence-electron chi connectivity index (χ0n) is 11.7. The number of benzene rings is 1. The van der Waals surface area contributed by atoms with Gasteiger partial charge in [-0.2, -0.15) is 0 Å². The number of hydrogen-bond donors (Lipinski definition) is 1. The Bertz CT molecular complexity index is 450. The van der Waals surface area contributed by atoms with Gasteiger partial charge in [-0.15, -0.1) is 0 Å². The normalized spacial score (nSPS) is 22.6. The minimum atomic E-state index is 0.137. The maximum absolute atomic E-state index is 12.1. The first-order chi connectivity index (χ1) is 9.56. The van der Waals surface area contributed by atoms with Crippen molar-refractivity contribution in [2.75, 3.05) is 13.2 Å². The number of amides is 1. The fraction of sp³-hybridized carbons (Fsp3) is 0.533. The molecule has 0 spiro atoms. The lowest BCUT2D eigenvalue weighted by molar-refractivity contribution is -0.135. The van der Waals surface area contributed by atoms with Crippen LogP contribution in [-0.2, 0) is 4.79 Å². The maximum Gasteiger partial charge on any atom is 0.226 e. The van der Waals surface area contributed by atoms with Gasteiger partial charge in [0, 0.05) is 23.7 Å². The van der Waals surface area contributed by atoms with E-state index >= 15 is 0 Å². The number of halogens is 1. The highest BCUT2D eigenvalue weighted by molar-refractivity contribution is 6.30. The van der Waals surface area contributed by atoms with Crippen molar-refractivity contribution in [1.82, 2.24) is 4.90 Å². The number of ether oxygens (including phenoxy) is 1. The molecule has 0 bridgehead atoms. The summed E-state index contributed by atoms with van der Waals surface area (Å²) >= 11 is 5.80. The lowest BCUT2D eigenvalue weighted by atomic mass is 9.99. The molecule has 2 N–H and O–H groups in total. The Hall–Kier alpha value is -1.26. The van der Waals surface area contributed by atoms with E-state index in [1.807, 2.05) is 4.90 Å². The minimum Gasteiger partial charge on any atom is -0.493 e. The van der Waals surface area contributed by atoms with Gasteiger partial charge in [0.1, 0.15) is 5.75 Å². The number of likely N-dealkylation sites (tertiary alicyclic amines) is 1. The van der Waals surface area contributed by atoms with Gasteiger partial charge in [0.15, 0.2) is 0 Å². The number of piperidine rings is 1. The molecule has 0 radical (unpaired) electrons. The van der Waals surface area contributed by atoms with Gasteiger partial charge in [-0.05, 0) is 44.0 Å².